The zero-order valence-corrected chi connectivity index (χ0v) is 11.1. The molecule has 0 heterocycles. The van der Waals surface area contributed by atoms with Gasteiger partial charge in [0.05, 0.1) is 0 Å². The first-order valence-electron chi connectivity index (χ1n) is 6.68. The van der Waals surface area contributed by atoms with Crippen molar-refractivity contribution < 1.29 is 14.3 Å². The number of carbonyl (C=O) groups excluding carboxylic acids is 2. The zero-order valence-electron chi connectivity index (χ0n) is 11.1. The SMILES string of the molecule is CC(=O)O[C@@H]1CCC[C@@H](NC(=O)c2ccccc2)C1. The number of benzene rings is 1. The number of hydrogen-bond acceptors (Lipinski definition) is 3. The quantitative estimate of drug-likeness (QED) is 0.849. The van der Waals surface area contributed by atoms with Gasteiger partial charge in [-0.15, -0.1) is 0 Å². The zero-order chi connectivity index (χ0) is 13.7. The van der Waals surface area contributed by atoms with E-state index in [1.54, 1.807) is 12.1 Å². The lowest BCUT2D eigenvalue weighted by molar-refractivity contribution is -0.148. The molecule has 4 nitrogen and oxygen atoms in total. The second kappa shape index (κ2) is 6.36. The van der Waals surface area contributed by atoms with E-state index in [1.165, 1.54) is 6.92 Å². The first kappa shape index (κ1) is 13.6. The summed E-state index contributed by atoms with van der Waals surface area (Å²) in [5.41, 5.74) is 0.664. The predicted octanol–water partition coefficient (Wildman–Crippen LogP) is 2.29. The van der Waals surface area contributed by atoms with Gasteiger partial charge in [-0.2, -0.15) is 0 Å². The van der Waals surface area contributed by atoms with Gasteiger partial charge in [-0.05, 0) is 31.4 Å². The minimum atomic E-state index is -0.250. The molecular weight excluding hydrogens is 242 g/mol. The first-order chi connectivity index (χ1) is 9.15. The third-order valence-electron chi connectivity index (χ3n) is 3.33. The highest BCUT2D eigenvalue weighted by Gasteiger charge is 2.25. The van der Waals surface area contributed by atoms with Gasteiger partial charge in [0, 0.05) is 24.9 Å². The Labute approximate surface area is 113 Å². The van der Waals surface area contributed by atoms with Gasteiger partial charge in [-0.25, -0.2) is 0 Å². The molecule has 0 unspecified atom stereocenters. The Kier molecular flexibility index (Phi) is 4.55. The van der Waals surface area contributed by atoms with E-state index in [4.69, 9.17) is 4.74 Å². The molecule has 2 atom stereocenters. The van der Waals surface area contributed by atoms with Crippen molar-refractivity contribution in [2.24, 2.45) is 0 Å². The standard InChI is InChI=1S/C15H19NO3/c1-11(17)19-14-9-5-8-13(10-14)16-15(18)12-6-3-2-4-7-12/h2-4,6-7,13-14H,5,8-10H2,1H3,(H,16,18)/t13-,14-/m1/s1. The third kappa shape index (κ3) is 4.09. The highest BCUT2D eigenvalue weighted by Crippen LogP contribution is 2.21. The molecule has 1 aromatic carbocycles. The fourth-order valence-electron chi connectivity index (χ4n) is 2.48. The largest absolute Gasteiger partial charge is 0.462 e. The van der Waals surface area contributed by atoms with Crippen molar-refractivity contribution in [3.63, 3.8) is 0 Å². The van der Waals surface area contributed by atoms with Gasteiger partial charge in [0.25, 0.3) is 5.91 Å². The summed E-state index contributed by atoms with van der Waals surface area (Å²) in [6.07, 6.45) is 3.44. The molecule has 4 heteroatoms. The molecule has 1 saturated carbocycles. The van der Waals surface area contributed by atoms with E-state index < -0.39 is 0 Å². The van der Waals surface area contributed by atoms with E-state index in [-0.39, 0.29) is 24.0 Å². The molecule has 102 valence electrons. The van der Waals surface area contributed by atoms with Crippen molar-refractivity contribution >= 4 is 11.9 Å². The molecule has 1 fully saturated rings. The number of esters is 1. The molecule has 0 spiro atoms. The minimum Gasteiger partial charge on any atom is -0.462 e. The van der Waals surface area contributed by atoms with Crippen LogP contribution in [-0.4, -0.2) is 24.0 Å². The van der Waals surface area contributed by atoms with Crippen molar-refractivity contribution in [2.75, 3.05) is 0 Å². The summed E-state index contributed by atoms with van der Waals surface area (Å²) in [6, 6.07) is 9.25. The van der Waals surface area contributed by atoms with Crippen LogP contribution in [0.25, 0.3) is 0 Å². The lowest BCUT2D eigenvalue weighted by Gasteiger charge is -2.29. The summed E-state index contributed by atoms with van der Waals surface area (Å²) >= 11 is 0. The van der Waals surface area contributed by atoms with Crippen LogP contribution in [0.5, 0.6) is 0 Å². The Balaban J connectivity index is 1.88. The van der Waals surface area contributed by atoms with Crippen molar-refractivity contribution in [1.29, 1.82) is 0 Å². The molecule has 1 N–H and O–H groups in total. The van der Waals surface area contributed by atoms with E-state index in [0.717, 1.165) is 19.3 Å². The lowest BCUT2D eigenvalue weighted by Crippen LogP contribution is -2.40. The van der Waals surface area contributed by atoms with E-state index in [9.17, 15) is 9.59 Å². The summed E-state index contributed by atoms with van der Waals surface area (Å²) in [5, 5.41) is 3.01. The molecule has 1 amide bonds. The molecule has 0 bridgehead atoms. The number of carbonyl (C=O) groups is 2. The molecule has 0 aliphatic heterocycles. The van der Waals surface area contributed by atoms with Crippen LogP contribution in [-0.2, 0) is 9.53 Å². The summed E-state index contributed by atoms with van der Waals surface area (Å²) in [4.78, 5) is 23.0. The highest BCUT2D eigenvalue weighted by molar-refractivity contribution is 5.94. The molecular formula is C15H19NO3. The summed E-state index contributed by atoms with van der Waals surface area (Å²) in [6.45, 7) is 1.42. The number of nitrogens with one attached hydrogen (secondary N) is 1. The topological polar surface area (TPSA) is 55.4 Å². The van der Waals surface area contributed by atoms with Crippen molar-refractivity contribution in [3.05, 3.63) is 35.9 Å². The van der Waals surface area contributed by atoms with Crippen LogP contribution in [0.15, 0.2) is 30.3 Å². The average molecular weight is 261 g/mol. The molecule has 0 saturated heterocycles. The smallest absolute Gasteiger partial charge is 0.302 e. The molecule has 0 aromatic heterocycles. The second-order valence-electron chi connectivity index (χ2n) is 4.93. The number of ether oxygens (including phenoxy) is 1. The average Bonchev–Trinajstić information content (AvgIpc) is 2.39. The number of amides is 1. The Morgan fingerprint density at radius 3 is 2.63 bits per heavy atom. The molecule has 1 aromatic rings. The van der Waals surface area contributed by atoms with E-state index in [1.807, 2.05) is 18.2 Å². The predicted molar refractivity (Wildman–Crippen MR) is 71.7 cm³/mol. The molecule has 0 radical (unpaired) electrons. The first-order valence-corrected chi connectivity index (χ1v) is 6.68. The van der Waals surface area contributed by atoms with Crippen molar-refractivity contribution in [3.8, 4) is 0 Å². The normalized spacial score (nSPS) is 22.6. The highest BCUT2D eigenvalue weighted by atomic mass is 16.5. The molecule has 1 aliphatic carbocycles. The van der Waals surface area contributed by atoms with E-state index >= 15 is 0 Å². The molecule has 2 rings (SSSR count). The lowest BCUT2D eigenvalue weighted by atomic mass is 9.92. The van der Waals surface area contributed by atoms with Gasteiger partial charge in [0.1, 0.15) is 6.10 Å². The Morgan fingerprint density at radius 1 is 1.21 bits per heavy atom. The van der Waals surface area contributed by atoms with Crippen LogP contribution < -0.4 is 5.32 Å². The fourth-order valence-corrected chi connectivity index (χ4v) is 2.48. The van der Waals surface area contributed by atoms with Crippen LogP contribution in [0.3, 0.4) is 0 Å². The van der Waals surface area contributed by atoms with E-state index in [0.29, 0.717) is 12.0 Å². The van der Waals surface area contributed by atoms with Gasteiger partial charge in [-0.3, -0.25) is 9.59 Å². The van der Waals surface area contributed by atoms with Crippen LogP contribution in [0.2, 0.25) is 0 Å². The Hall–Kier alpha value is -1.84. The third-order valence-corrected chi connectivity index (χ3v) is 3.33. The van der Waals surface area contributed by atoms with Gasteiger partial charge >= 0.3 is 5.97 Å². The van der Waals surface area contributed by atoms with Crippen molar-refractivity contribution in [2.45, 2.75) is 44.8 Å². The van der Waals surface area contributed by atoms with Crippen LogP contribution in [0.1, 0.15) is 43.0 Å². The van der Waals surface area contributed by atoms with Gasteiger partial charge in [-0.1, -0.05) is 18.2 Å². The van der Waals surface area contributed by atoms with Crippen LogP contribution in [0.4, 0.5) is 0 Å². The van der Waals surface area contributed by atoms with Crippen LogP contribution in [0, 0.1) is 0 Å². The molecule has 19 heavy (non-hydrogen) atoms. The Morgan fingerprint density at radius 2 is 1.95 bits per heavy atom. The summed E-state index contributed by atoms with van der Waals surface area (Å²) < 4.78 is 5.22. The molecule has 1 aliphatic rings. The summed E-state index contributed by atoms with van der Waals surface area (Å²) in [7, 11) is 0. The number of rotatable bonds is 3. The van der Waals surface area contributed by atoms with Crippen LogP contribution >= 0.6 is 0 Å². The van der Waals surface area contributed by atoms with Gasteiger partial charge in [0.2, 0.25) is 0 Å². The van der Waals surface area contributed by atoms with Gasteiger partial charge < -0.3 is 10.1 Å². The monoisotopic (exact) mass is 261 g/mol. The Bertz CT molecular complexity index is 444. The van der Waals surface area contributed by atoms with E-state index in [2.05, 4.69) is 5.32 Å². The maximum absolute atomic E-state index is 12.0. The van der Waals surface area contributed by atoms with Crippen molar-refractivity contribution in [1.82, 2.24) is 5.32 Å². The van der Waals surface area contributed by atoms with Gasteiger partial charge in [0.15, 0.2) is 0 Å². The second-order valence-corrected chi connectivity index (χ2v) is 4.93. The minimum absolute atomic E-state index is 0.0610. The fraction of sp³-hybridized carbons (Fsp3) is 0.467. The maximum atomic E-state index is 12.0. The summed E-state index contributed by atoms with van der Waals surface area (Å²) in [5.74, 6) is -0.311. The number of hydrogen-bond donors (Lipinski definition) is 1. The maximum Gasteiger partial charge on any atom is 0.302 e.